The van der Waals surface area contributed by atoms with E-state index in [2.05, 4.69) is 520 Å². The van der Waals surface area contributed by atoms with Crippen LogP contribution in [0.4, 0.5) is 34.1 Å². The molecule has 4 heterocycles. The molecule has 20 aromatic carbocycles. The molecule has 4 aromatic heterocycles. The summed E-state index contributed by atoms with van der Waals surface area (Å²) in [6.07, 6.45) is 0.808. The standard InChI is InChI=1S/C132H106N4O2/c1-129(2,3)92-73-90(74-93(79-92)130(4,5)6)102-46-29-33-86-36-32-49-115(127(86)102)107-43-19-26-54-120(107)136(100-68-72-113-111-45-21-28-56-124(111)138-126(113)82-100)116-50-22-15-39-101(116)89-62-70-109-105-41-17-25-53-119(105)135(122(109)78-89)98-63-57-84(58-64-98)83-132(10,11)95-76-91(75-94(80-95)131(7,8)9)103-47-30-34-87-35-31-48-114(128(87)103)106-42-18-23-51-117(106)133(99-67-71-112-110-44-20-27-55-123(110)137-125(112)81-99)97-65-59-85(60-66-97)88-61-69-108-104-40-16-24-52-118(104)134(121(108)77-88)96-37-13-12-14-38-96/h12-82H,83H2,1-11H3. The average Bonchev–Trinajstić information content (AvgIpc) is 1.24. The molecule has 0 bridgehead atoms. The van der Waals surface area contributed by atoms with Crippen LogP contribution in [0.2, 0.25) is 0 Å². The van der Waals surface area contributed by atoms with Gasteiger partial charge in [-0.2, -0.15) is 0 Å². The second kappa shape index (κ2) is 33.1. The molecule has 0 atom stereocenters. The minimum absolute atomic E-state index is 0.0633. The van der Waals surface area contributed by atoms with Gasteiger partial charge in [0.2, 0.25) is 0 Å². The Morgan fingerprint density at radius 1 is 0.217 bits per heavy atom. The summed E-state index contributed by atoms with van der Waals surface area (Å²) in [6, 6.07) is 160. The topological polar surface area (TPSA) is 42.6 Å². The monoisotopic (exact) mass is 1780 g/mol. The number of rotatable bonds is 17. The zero-order valence-corrected chi connectivity index (χ0v) is 79.8. The van der Waals surface area contributed by atoms with Crippen molar-refractivity contribution in [2.75, 3.05) is 9.80 Å². The summed E-state index contributed by atoms with van der Waals surface area (Å²) in [4.78, 5) is 4.90. The lowest BCUT2D eigenvalue weighted by molar-refractivity contribution is 0.517. The van der Waals surface area contributed by atoms with Gasteiger partial charge >= 0.3 is 0 Å². The minimum atomic E-state index is -0.308. The summed E-state index contributed by atoms with van der Waals surface area (Å²) in [5, 5.41) is 14.0. The quantitative estimate of drug-likeness (QED) is 0.0911. The Morgan fingerprint density at radius 3 is 1.08 bits per heavy atom. The number of aromatic nitrogens is 2. The molecule has 0 N–H and O–H groups in total. The van der Waals surface area contributed by atoms with Crippen LogP contribution in [0, 0.1) is 0 Å². The van der Waals surface area contributed by atoms with E-state index in [-0.39, 0.29) is 21.7 Å². The highest BCUT2D eigenvalue weighted by Crippen LogP contribution is 2.53. The summed E-state index contributed by atoms with van der Waals surface area (Å²) in [6.45, 7) is 25.9. The average molecular weight is 1780 g/mol. The van der Waals surface area contributed by atoms with Gasteiger partial charge in [0.15, 0.2) is 0 Å². The number of furan rings is 2. The van der Waals surface area contributed by atoms with Gasteiger partial charge < -0.3 is 27.8 Å². The first kappa shape index (κ1) is 84.7. The zero-order valence-electron chi connectivity index (χ0n) is 79.8. The molecule has 24 rings (SSSR count). The van der Waals surface area contributed by atoms with E-state index in [4.69, 9.17) is 8.83 Å². The molecule has 0 fully saturated rings. The van der Waals surface area contributed by atoms with Gasteiger partial charge in [0.25, 0.3) is 0 Å². The lowest BCUT2D eigenvalue weighted by Crippen LogP contribution is -2.22. The van der Waals surface area contributed by atoms with Gasteiger partial charge in [0.05, 0.1) is 39.1 Å². The van der Waals surface area contributed by atoms with Crippen molar-refractivity contribution in [3.63, 3.8) is 0 Å². The van der Waals surface area contributed by atoms with E-state index in [9.17, 15) is 0 Å². The second-order valence-corrected chi connectivity index (χ2v) is 41.3. The molecule has 24 aromatic rings. The number of benzene rings is 20. The van der Waals surface area contributed by atoms with Gasteiger partial charge in [0.1, 0.15) is 22.3 Å². The molecule has 0 spiro atoms. The van der Waals surface area contributed by atoms with Gasteiger partial charge in [-0.05, 0) is 243 Å². The van der Waals surface area contributed by atoms with Crippen LogP contribution < -0.4 is 9.80 Å². The predicted molar refractivity (Wildman–Crippen MR) is 586 cm³/mol. The van der Waals surface area contributed by atoms with E-state index in [1.54, 1.807) is 0 Å². The minimum Gasteiger partial charge on any atom is -0.456 e. The van der Waals surface area contributed by atoms with E-state index in [1.807, 2.05) is 6.07 Å². The van der Waals surface area contributed by atoms with E-state index in [0.29, 0.717) is 0 Å². The van der Waals surface area contributed by atoms with Gasteiger partial charge in [-0.3, -0.25) is 0 Å². The number of hydrogen-bond donors (Lipinski definition) is 0. The first-order valence-electron chi connectivity index (χ1n) is 48.4. The zero-order chi connectivity index (χ0) is 93.6. The third-order valence-corrected chi connectivity index (χ3v) is 28.9. The highest BCUT2D eigenvalue weighted by atomic mass is 16.3. The maximum Gasteiger partial charge on any atom is 0.137 e. The molecule has 138 heavy (non-hydrogen) atoms. The SMILES string of the molecule is CC(C)(C)c1cc(-c2cccc3cccc(-c4ccccc4N(c4ccc5c(c4)oc4ccccc45)c4ccccc4-c4ccc5c6ccccc6n(-c6ccc(CC(C)(C)c7cc(-c8cccc9cccc(-c%10ccccc%10N(c%10ccc(-c%11ccc%12c%13ccccc%13n(-c%13ccccc%13)c%12c%11)cc%10)c%10ccc%11c(c%10)oc%10ccccc%10%11)c89)cc(C(C)(C)C)c7)cc6)c5c4)c23)cc(C(C)(C)C)c1. The third kappa shape index (κ3) is 14.8. The lowest BCUT2D eigenvalue weighted by Gasteiger charge is -2.30. The Kier molecular flexibility index (Phi) is 20.3. The molecule has 6 nitrogen and oxygen atoms in total. The van der Waals surface area contributed by atoms with Crippen molar-refractivity contribution >= 4 is 143 Å². The molecule has 666 valence electrons. The van der Waals surface area contributed by atoms with Crippen LogP contribution in [0.25, 0.3) is 187 Å². The van der Waals surface area contributed by atoms with Crippen molar-refractivity contribution in [1.29, 1.82) is 0 Å². The number of hydrogen-bond acceptors (Lipinski definition) is 4. The van der Waals surface area contributed by atoms with Crippen LogP contribution in [0.1, 0.15) is 104 Å². The van der Waals surface area contributed by atoms with Crippen LogP contribution in [-0.2, 0) is 28.1 Å². The van der Waals surface area contributed by atoms with Crippen molar-refractivity contribution in [2.45, 2.75) is 104 Å². The van der Waals surface area contributed by atoms with E-state index in [0.717, 1.165) is 151 Å². The first-order chi connectivity index (χ1) is 67.0. The molecule has 0 aliphatic rings. The van der Waals surface area contributed by atoms with Crippen molar-refractivity contribution in [1.82, 2.24) is 9.13 Å². The molecule has 0 aliphatic carbocycles. The fourth-order valence-electron chi connectivity index (χ4n) is 21.7. The summed E-state index contributed by atoms with van der Waals surface area (Å²) >= 11 is 0. The van der Waals surface area contributed by atoms with E-state index < -0.39 is 0 Å². The Bertz CT molecular complexity index is 8920. The summed E-state index contributed by atoms with van der Waals surface area (Å²) in [5.74, 6) is 0. The van der Waals surface area contributed by atoms with Crippen LogP contribution in [0.5, 0.6) is 0 Å². The third-order valence-electron chi connectivity index (χ3n) is 28.9. The fraction of sp³-hybridized carbons (Fsp3) is 0.121. The largest absolute Gasteiger partial charge is 0.456 e. The van der Waals surface area contributed by atoms with Crippen LogP contribution in [0.3, 0.4) is 0 Å². The van der Waals surface area contributed by atoms with E-state index >= 15 is 0 Å². The van der Waals surface area contributed by atoms with Crippen LogP contribution in [0.15, 0.2) is 440 Å². The molecular weight excluding hydrogens is 1670 g/mol. The lowest BCUT2D eigenvalue weighted by atomic mass is 9.75. The van der Waals surface area contributed by atoms with Gasteiger partial charge in [0, 0.05) is 100 Å². The molecule has 0 aliphatic heterocycles. The van der Waals surface area contributed by atoms with Crippen molar-refractivity contribution in [2.24, 2.45) is 0 Å². The maximum absolute atomic E-state index is 6.81. The second-order valence-electron chi connectivity index (χ2n) is 41.3. The molecular formula is C132H106N4O2. The predicted octanol–water partition coefficient (Wildman–Crippen LogP) is 37.3. The molecule has 0 amide bonds. The number of para-hydroxylation sites is 8. The maximum atomic E-state index is 6.81. The number of nitrogens with zero attached hydrogens (tertiary/aromatic N) is 4. The molecule has 6 heteroatoms. The van der Waals surface area contributed by atoms with Crippen LogP contribution in [-0.4, -0.2) is 9.13 Å². The fourth-order valence-corrected chi connectivity index (χ4v) is 21.7. The highest BCUT2D eigenvalue weighted by molar-refractivity contribution is 6.16. The molecule has 0 saturated carbocycles. The Balaban J connectivity index is 0.586. The van der Waals surface area contributed by atoms with Crippen molar-refractivity contribution < 1.29 is 8.83 Å². The first-order valence-corrected chi connectivity index (χ1v) is 48.4. The Morgan fingerprint density at radius 2 is 0.572 bits per heavy atom. The van der Waals surface area contributed by atoms with Crippen molar-refractivity contribution in [3.8, 4) is 78.1 Å². The highest BCUT2D eigenvalue weighted by Gasteiger charge is 2.32. The summed E-state index contributed by atoms with van der Waals surface area (Å²) < 4.78 is 18.4. The molecule has 0 unspecified atom stereocenters. The van der Waals surface area contributed by atoms with Crippen molar-refractivity contribution in [3.05, 3.63) is 459 Å². The van der Waals surface area contributed by atoms with Gasteiger partial charge in [-0.25, -0.2) is 0 Å². The smallest absolute Gasteiger partial charge is 0.137 e. The van der Waals surface area contributed by atoms with Crippen LogP contribution >= 0.6 is 0 Å². The number of fused-ring (bicyclic) bond motifs is 14. The van der Waals surface area contributed by atoms with Gasteiger partial charge in [-0.1, -0.05) is 379 Å². The normalized spacial score (nSPS) is 12.3. The Hall–Kier alpha value is -16.3. The summed E-state index contributed by atoms with van der Waals surface area (Å²) in [7, 11) is 0. The molecule has 0 saturated heterocycles. The van der Waals surface area contributed by atoms with E-state index in [1.165, 1.54) is 104 Å². The Labute approximate surface area is 806 Å². The number of anilines is 6. The summed E-state index contributed by atoms with van der Waals surface area (Å²) in [5.41, 5.74) is 36.1. The van der Waals surface area contributed by atoms with Gasteiger partial charge in [-0.15, -0.1) is 0 Å². The molecule has 0 radical (unpaired) electrons.